The Morgan fingerprint density at radius 3 is 2.62 bits per heavy atom. The summed E-state index contributed by atoms with van der Waals surface area (Å²) in [6, 6.07) is 29.8. The fourth-order valence-electron chi connectivity index (χ4n) is 7.25. The molecule has 1 radical (unpaired) electrons. The molecule has 4 aromatic heterocycles. The summed E-state index contributed by atoms with van der Waals surface area (Å²) >= 11 is 0. The van der Waals surface area contributed by atoms with Gasteiger partial charge in [0.15, 0.2) is 0 Å². The number of rotatable bonds is 4. The third-order valence-electron chi connectivity index (χ3n) is 9.41. The van der Waals surface area contributed by atoms with E-state index in [-0.39, 0.29) is 31.5 Å². The molecule has 255 valence electrons. The Balaban J connectivity index is 0.000000170. The maximum absolute atomic E-state index is 8.55. The van der Waals surface area contributed by atoms with Crippen LogP contribution in [0.15, 0.2) is 89.5 Å². The standard InChI is InChI=1S/C22H21N2O.C22H21N2.Ir/c1-14-8-9-17-16-6-5-7-18(20(16)25-21(17)24-14)19-12-15(10-11-23-19)13-22(2,3)4;1-15-11-12-18-13-19(16-7-5-6-8-16)14-20-21(18)24(15)22(23-20)17-9-3-2-4-10-17;/h5-6,8-12H,13H2,1-4H3;2-4,9,11-16H,5-8H2,1H3;/q2*-1;/i1D3,13D2;;. The molecule has 2 aliphatic rings. The predicted octanol–water partition coefficient (Wildman–Crippen LogP) is 11.5. The van der Waals surface area contributed by atoms with Gasteiger partial charge in [-0.1, -0.05) is 68.3 Å². The van der Waals surface area contributed by atoms with Crippen molar-refractivity contribution >= 4 is 39.2 Å². The molecule has 0 N–H and O–H groups in total. The SMILES string of the molecule is CC1C=Cc2cc(C3CCCC3)cc3nc(-c4[c-]cccc4)n1c23.[2H]C([2H])([2H])c1ccc2c(n1)oc1c(-c3cc(C([2H])([2H])C(C)(C)C)ccn3)[c-]ccc12.[Ir]. The Kier molecular flexibility index (Phi) is 7.78. The zero-order valence-corrected chi connectivity index (χ0v) is 31.1. The van der Waals surface area contributed by atoms with Gasteiger partial charge in [-0.25, -0.2) is 4.98 Å². The summed E-state index contributed by atoms with van der Waals surface area (Å²) in [5, 5.41) is 1.48. The van der Waals surface area contributed by atoms with E-state index in [0.29, 0.717) is 33.8 Å². The van der Waals surface area contributed by atoms with E-state index in [4.69, 9.17) is 16.3 Å². The van der Waals surface area contributed by atoms with E-state index >= 15 is 0 Å². The number of aromatic nitrogens is 4. The summed E-state index contributed by atoms with van der Waals surface area (Å²) in [5.74, 6) is 1.75. The summed E-state index contributed by atoms with van der Waals surface area (Å²) in [6.45, 7) is 5.47. The number of benzene rings is 3. The molecule has 9 rings (SSSR count). The van der Waals surface area contributed by atoms with E-state index in [1.807, 2.05) is 39.0 Å². The monoisotopic (exact) mass is 840 g/mol. The minimum Gasteiger partial charge on any atom is -0.486 e. The van der Waals surface area contributed by atoms with Gasteiger partial charge in [-0.15, -0.1) is 54.1 Å². The average Bonchev–Trinajstić information content (AvgIpc) is 3.91. The minimum absolute atomic E-state index is 0. The van der Waals surface area contributed by atoms with Gasteiger partial charge in [0, 0.05) is 50.3 Å². The second kappa shape index (κ2) is 13.7. The van der Waals surface area contributed by atoms with Gasteiger partial charge in [0.25, 0.3) is 0 Å². The van der Waals surface area contributed by atoms with E-state index in [0.717, 1.165) is 28.2 Å². The number of furan rings is 1. The van der Waals surface area contributed by atoms with Gasteiger partial charge in [-0.3, -0.25) is 4.98 Å². The number of hydrogen-bond donors (Lipinski definition) is 0. The molecule has 5 heterocycles. The van der Waals surface area contributed by atoms with Crippen LogP contribution in [0.4, 0.5) is 0 Å². The fraction of sp³-hybridized carbons (Fsp3) is 0.295. The van der Waals surface area contributed by atoms with Crippen LogP contribution in [0.2, 0.25) is 0 Å². The number of fused-ring (bicyclic) bond motifs is 3. The molecule has 0 amide bonds. The van der Waals surface area contributed by atoms with Crippen LogP contribution in [-0.2, 0) is 26.5 Å². The Morgan fingerprint density at radius 1 is 0.980 bits per heavy atom. The largest absolute Gasteiger partial charge is 0.486 e. The van der Waals surface area contributed by atoms with Crippen molar-refractivity contribution < 1.29 is 31.4 Å². The summed E-state index contributed by atoms with van der Waals surface area (Å²) in [7, 11) is 0. The van der Waals surface area contributed by atoms with Gasteiger partial charge in [0.05, 0.1) is 22.4 Å². The molecule has 7 aromatic rings. The molecule has 6 heteroatoms. The predicted molar refractivity (Wildman–Crippen MR) is 200 cm³/mol. The van der Waals surface area contributed by atoms with Crippen LogP contribution in [0.1, 0.15) is 94.6 Å². The molecule has 50 heavy (non-hydrogen) atoms. The van der Waals surface area contributed by atoms with Gasteiger partial charge < -0.3 is 14.0 Å². The van der Waals surface area contributed by atoms with Gasteiger partial charge in [-0.05, 0) is 91.5 Å². The van der Waals surface area contributed by atoms with Gasteiger partial charge >= 0.3 is 0 Å². The average molecular weight is 840 g/mol. The third kappa shape index (κ3) is 6.59. The van der Waals surface area contributed by atoms with Crippen LogP contribution in [0.5, 0.6) is 0 Å². The van der Waals surface area contributed by atoms with Gasteiger partial charge in [0.2, 0.25) is 5.71 Å². The zero-order valence-electron chi connectivity index (χ0n) is 33.7. The molecule has 1 fully saturated rings. The maximum Gasteiger partial charge on any atom is 0.216 e. The van der Waals surface area contributed by atoms with Gasteiger partial charge in [0.1, 0.15) is 0 Å². The van der Waals surface area contributed by atoms with Crippen molar-refractivity contribution in [3.8, 4) is 22.6 Å². The van der Waals surface area contributed by atoms with E-state index in [1.165, 1.54) is 48.4 Å². The third-order valence-corrected chi connectivity index (χ3v) is 9.41. The van der Waals surface area contributed by atoms with E-state index in [2.05, 4.69) is 70.0 Å². The number of allylic oxidation sites excluding steroid dienone is 1. The summed E-state index contributed by atoms with van der Waals surface area (Å²) in [5.41, 5.74) is 8.00. The van der Waals surface area contributed by atoms with E-state index in [9.17, 15) is 0 Å². The molecule has 0 spiro atoms. The molecule has 1 unspecified atom stereocenters. The summed E-state index contributed by atoms with van der Waals surface area (Å²) < 4.78 is 48.1. The molecule has 1 aliphatic carbocycles. The quantitative estimate of drug-likeness (QED) is 0.166. The molecule has 1 saturated carbocycles. The molecule has 5 nitrogen and oxygen atoms in total. The molecular weight excluding hydrogens is 793 g/mol. The first-order chi connectivity index (χ1) is 25.7. The maximum atomic E-state index is 8.55. The molecule has 3 aromatic carbocycles. The van der Waals surface area contributed by atoms with Crippen molar-refractivity contribution in [2.24, 2.45) is 5.41 Å². The topological polar surface area (TPSA) is 56.7 Å². The number of aryl methyl sites for hydroxylation is 1. The minimum atomic E-state index is -2.32. The van der Waals surface area contributed by atoms with Crippen LogP contribution in [-0.4, -0.2) is 19.5 Å². The van der Waals surface area contributed by atoms with Crippen molar-refractivity contribution in [3.63, 3.8) is 0 Å². The molecule has 1 aliphatic heterocycles. The zero-order chi connectivity index (χ0) is 38.0. The second-order valence-electron chi connectivity index (χ2n) is 14.2. The Labute approximate surface area is 315 Å². The molecular formula is C44H42IrN4O-2. The number of nitrogens with zero attached hydrogens (tertiary/aromatic N) is 4. The Hall–Kier alpha value is -4.38. The normalized spacial score (nSPS) is 17.8. The van der Waals surface area contributed by atoms with Crippen LogP contribution < -0.4 is 0 Å². The van der Waals surface area contributed by atoms with Gasteiger partial charge in [-0.2, -0.15) is 0 Å². The number of pyridine rings is 2. The van der Waals surface area contributed by atoms with Crippen molar-refractivity contribution in [2.75, 3.05) is 0 Å². The summed E-state index contributed by atoms with van der Waals surface area (Å²) in [6.07, 6.45) is 9.96. The van der Waals surface area contributed by atoms with Crippen molar-refractivity contribution in [3.05, 3.63) is 120 Å². The number of hydrogen-bond acceptors (Lipinski definition) is 4. The van der Waals surface area contributed by atoms with E-state index < -0.39 is 18.6 Å². The first-order valence-corrected chi connectivity index (χ1v) is 17.1. The van der Waals surface area contributed by atoms with Crippen LogP contribution >= 0.6 is 0 Å². The first-order valence-electron chi connectivity index (χ1n) is 19.6. The van der Waals surface area contributed by atoms with Crippen molar-refractivity contribution in [1.29, 1.82) is 0 Å². The summed E-state index contributed by atoms with van der Waals surface area (Å²) in [4.78, 5) is 13.6. The van der Waals surface area contributed by atoms with Crippen molar-refractivity contribution in [2.45, 2.75) is 78.6 Å². The van der Waals surface area contributed by atoms with Crippen LogP contribution in [0, 0.1) is 24.4 Å². The molecule has 0 saturated heterocycles. The Morgan fingerprint density at radius 2 is 1.84 bits per heavy atom. The van der Waals surface area contributed by atoms with Crippen LogP contribution in [0.3, 0.4) is 0 Å². The van der Waals surface area contributed by atoms with Crippen LogP contribution in [0.25, 0.3) is 61.8 Å². The smallest absolute Gasteiger partial charge is 0.216 e. The second-order valence-corrected chi connectivity index (χ2v) is 14.2. The first kappa shape index (κ1) is 28.3. The number of imidazole rings is 1. The molecule has 1 atom stereocenters. The Bertz CT molecular complexity index is 2540. The fourth-order valence-corrected chi connectivity index (χ4v) is 7.25. The molecule has 0 bridgehead atoms. The van der Waals surface area contributed by atoms with Crippen molar-refractivity contribution in [1.82, 2.24) is 19.5 Å². The van der Waals surface area contributed by atoms with E-state index in [1.54, 1.807) is 30.5 Å².